The predicted octanol–water partition coefficient (Wildman–Crippen LogP) is 2.29. The van der Waals surface area contributed by atoms with Crippen LogP contribution in [0.5, 0.6) is 0 Å². The molecule has 0 aromatic carbocycles. The summed E-state index contributed by atoms with van der Waals surface area (Å²) in [7, 11) is 0. The van der Waals surface area contributed by atoms with Gasteiger partial charge < -0.3 is 4.90 Å². The Labute approximate surface area is 145 Å². The zero-order chi connectivity index (χ0) is 17.1. The monoisotopic (exact) mass is 336 g/mol. The highest BCUT2D eigenvalue weighted by atomic mass is 16.2. The molecule has 3 aromatic heterocycles. The van der Waals surface area contributed by atoms with Crippen LogP contribution in [0.3, 0.4) is 0 Å². The van der Waals surface area contributed by atoms with Crippen LogP contribution in [0.15, 0.2) is 42.9 Å². The SMILES string of the molecule is O=C(c1cc(-c2cccnc2)n[nH]1)N1CCC[C@H](Cc2ccn[nH]2)C1. The number of aromatic amines is 2. The highest BCUT2D eigenvalue weighted by Crippen LogP contribution is 2.22. The van der Waals surface area contributed by atoms with Gasteiger partial charge in [-0.3, -0.25) is 20.0 Å². The van der Waals surface area contributed by atoms with Crippen LogP contribution in [0.1, 0.15) is 29.0 Å². The lowest BCUT2D eigenvalue weighted by molar-refractivity contribution is 0.0667. The fourth-order valence-corrected chi connectivity index (χ4v) is 3.39. The molecule has 1 aliphatic heterocycles. The summed E-state index contributed by atoms with van der Waals surface area (Å²) in [4.78, 5) is 18.8. The molecule has 0 unspecified atom stereocenters. The van der Waals surface area contributed by atoms with Crippen molar-refractivity contribution < 1.29 is 4.79 Å². The van der Waals surface area contributed by atoms with Crippen molar-refractivity contribution in [3.63, 3.8) is 0 Å². The first-order valence-electron chi connectivity index (χ1n) is 8.53. The molecule has 1 amide bonds. The molecule has 0 bridgehead atoms. The van der Waals surface area contributed by atoms with E-state index >= 15 is 0 Å². The lowest BCUT2D eigenvalue weighted by Gasteiger charge is -2.32. The number of nitrogens with one attached hydrogen (secondary N) is 2. The second kappa shape index (κ2) is 6.88. The Morgan fingerprint density at radius 1 is 1.28 bits per heavy atom. The maximum absolute atomic E-state index is 12.8. The number of hydrogen-bond donors (Lipinski definition) is 2. The van der Waals surface area contributed by atoms with Crippen LogP contribution in [-0.2, 0) is 6.42 Å². The molecule has 128 valence electrons. The van der Waals surface area contributed by atoms with Crippen molar-refractivity contribution in [2.24, 2.45) is 5.92 Å². The zero-order valence-electron chi connectivity index (χ0n) is 13.9. The number of likely N-dealkylation sites (tertiary alicyclic amines) is 1. The Bertz CT molecular complexity index is 826. The number of carbonyl (C=O) groups excluding carboxylic acids is 1. The summed E-state index contributed by atoms with van der Waals surface area (Å²) in [5, 5.41) is 14.1. The smallest absolute Gasteiger partial charge is 0.271 e. The molecule has 1 aliphatic rings. The Hall–Kier alpha value is -2.96. The minimum Gasteiger partial charge on any atom is -0.337 e. The van der Waals surface area contributed by atoms with Crippen LogP contribution in [0.25, 0.3) is 11.3 Å². The van der Waals surface area contributed by atoms with Crippen molar-refractivity contribution in [3.05, 3.63) is 54.2 Å². The minimum atomic E-state index is 0.0111. The van der Waals surface area contributed by atoms with E-state index in [9.17, 15) is 4.79 Å². The molecule has 1 atom stereocenters. The average molecular weight is 336 g/mol. The maximum atomic E-state index is 12.8. The molecule has 7 heteroatoms. The fraction of sp³-hybridized carbons (Fsp3) is 0.333. The molecule has 4 heterocycles. The molecule has 2 N–H and O–H groups in total. The van der Waals surface area contributed by atoms with Gasteiger partial charge in [-0.2, -0.15) is 10.2 Å². The third kappa shape index (κ3) is 3.45. The number of nitrogens with zero attached hydrogens (tertiary/aromatic N) is 4. The number of H-pyrrole nitrogens is 2. The van der Waals surface area contributed by atoms with Gasteiger partial charge in [-0.1, -0.05) is 0 Å². The fourth-order valence-electron chi connectivity index (χ4n) is 3.39. The standard InChI is InChI=1S/C18H20N6O/c25-18(17-10-16(22-23-17)14-4-1-6-19-11-14)24-8-2-3-13(12-24)9-15-5-7-20-21-15/h1,4-7,10-11,13H,2-3,8-9,12H2,(H,20,21)(H,22,23)/t13-/m1/s1. The van der Waals surface area contributed by atoms with Crippen LogP contribution in [0, 0.1) is 5.92 Å². The van der Waals surface area contributed by atoms with Crippen molar-refractivity contribution in [3.8, 4) is 11.3 Å². The highest BCUT2D eigenvalue weighted by molar-refractivity contribution is 5.93. The van der Waals surface area contributed by atoms with Gasteiger partial charge in [-0.15, -0.1) is 0 Å². The van der Waals surface area contributed by atoms with Crippen molar-refractivity contribution in [1.29, 1.82) is 0 Å². The lowest BCUT2D eigenvalue weighted by atomic mass is 9.93. The second-order valence-corrected chi connectivity index (χ2v) is 6.45. The van der Waals surface area contributed by atoms with Gasteiger partial charge in [0, 0.05) is 42.9 Å². The van der Waals surface area contributed by atoms with Gasteiger partial charge in [0.2, 0.25) is 0 Å². The molecule has 4 rings (SSSR count). The summed E-state index contributed by atoms with van der Waals surface area (Å²) in [5.41, 5.74) is 3.29. The second-order valence-electron chi connectivity index (χ2n) is 6.45. The number of carbonyl (C=O) groups is 1. The maximum Gasteiger partial charge on any atom is 0.271 e. The van der Waals surface area contributed by atoms with Crippen molar-refractivity contribution in [2.45, 2.75) is 19.3 Å². The molecule has 1 saturated heterocycles. The van der Waals surface area contributed by atoms with Gasteiger partial charge in [0.05, 0.1) is 5.69 Å². The van der Waals surface area contributed by atoms with E-state index in [4.69, 9.17) is 0 Å². The topological polar surface area (TPSA) is 90.6 Å². The largest absolute Gasteiger partial charge is 0.337 e. The highest BCUT2D eigenvalue weighted by Gasteiger charge is 2.26. The molecular weight excluding hydrogens is 316 g/mol. The lowest BCUT2D eigenvalue weighted by Crippen LogP contribution is -2.40. The van der Waals surface area contributed by atoms with Gasteiger partial charge in [0.25, 0.3) is 5.91 Å². The van der Waals surface area contributed by atoms with E-state index in [1.165, 1.54) is 0 Å². The average Bonchev–Trinajstić information content (AvgIpc) is 3.34. The van der Waals surface area contributed by atoms with Crippen LogP contribution in [0.4, 0.5) is 0 Å². The molecule has 7 nitrogen and oxygen atoms in total. The van der Waals surface area contributed by atoms with Crippen molar-refractivity contribution >= 4 is 5.91 Å². The van der Waals surface area contributed by atoms with Gasteiger partial charge in [-0.05, 0) is 49.4 Å². The van der Waals surface area contributed by atoms with Gasteiger partial charge in [-0.25, -0.2) is 0 Å². The van der Waals surface area contributed by atoms with Crippen LogP contribution >= 0.6 is 0 Å². The van der Waals surface area contributed by atoms with E-state index in [0.29, 0.717) is 11.6 Å². The minimum absolute atomic E-state index is 0.0111. The third-order valence-corrected chi connectivity index (χ3v) is 4.64. The molecule has 3 aromatic rings. The van der Waals surface area contributed by atoms with Crippen LogP contribution < -0.4 is 0 Å². The Morgan fingerprint density at radius 2 is 2.24 bits per heavy atom. The van der Waals surface area contributed by atoms with Gasteiger partial charge in [0.15, 0.2) is 0 Å². The molecule has 1 fully saturated rings. The van der Waals surface area contributed by atoms with E-state index in [1.54, 1.807) is 24.7 Å². The number of hydrogen-bond acceptors (Lipinski definition) is 4. The number of piperidine rings is 1. The third-order valence-electron chi connectivity index (χ3n) is 4.64. The van der Waals surface area contributed by atoms with Crippen molar-refractivity contribution in [1.82, 2.24) is 30.3 Å². The van der Waals surface area contributed by atoms with E-state index in [-0.39, 0.29) is 5.91 Å². The quantitative estimate of drug-likeness (QED) is 0.765. The van der Waals surface area contributed by atoms with E-state index < -0.39 is 0 Å². The van der Waals surface area contributed by atoms with E-state index in [2.05, 4.69) is 25.4 Å². The van der Waals surface area contributed by atoms with Gasteiger partial charge in [0.1, 0.15) is 5.69 Å². The number of rotatable bonds is 4. The Kier molecular flexibility index (Phi) is 4.28. The van der Waals surface area contributed by atoms with Crippen LogP contribution in [-0.4, -0.2) is 49.3 Å². The number of aromatic nitrogens is 5. The molecular formula is C18H20N6O. The summed E-state index contributed by atoms with van der Waals surface area (Å²) < 4.78 is 0. The van der Waals surface area contributed by atoms with Gasteiger partial charge >= 0.3 is 0 Å². The normalized spacial score (nSPS) is 17.6. The molecule has 0 aliphatic carbocycles. The summed E-state index contributed by atoms with van der Waals surface area (Å²) in [6, 6.07) is 7.59. The first-order chi connectivity index (χ1) is 12.3. The predicted molar refractivity (Wildman–Crippen MR) is 92.7 cm³/mol. The van der Waals surface area contributed by atoms with Crippen LogP contribution in [0.2, 0.25) is 0 Å². The number of pyridine rings is 1. The summed E-state index contributed by atoms with van der Waals surface area (Å²) in [6.07, 6.45) is 8.31. The first-order valence-corrected chi connectivity index (χ1v) is 8.53. The number of amides is 1. The Balaban J connectivity index is 1.44. The van der Waals surface area contributed by atoms with E-state index in [0.717, 1.165) is 49.3 Å². The molecule has 0 radical (unpaired) electrons. The summed E-state index contributed by atoms with van der Waals surface area (Å²) in [5.74, 6) is 0.468. The summed E-state index contributed by atoms with van der Waals surface area (Å²) >= 11 is 0. The molecule has 25 heavy (non-hydrogen) atoms. The summed E-state index contributed by atoms with van der Waals surface area (Å²) in [6.45, 7) is 1.55. The molecule has 0 spiro atoms. The molecule has 0 saturated carbocycles. The Morgan fingerprint density at radius 3 is 3.04 bits per heavy atom. The van der Waals surface area contributed by atoms with E-state index in [1.807, 2.05) is 23.1 Å². The van der Waals surface area contributed by atoms with Crippen molar-refractivity contribution in [2.75, 3.05) is 13.1 Å². The first kappa shape index (κ1) is 15.6. The zero-order valence-corrected chi connectivity index (χ0v) is 13.9.